The molecule has 19 heavy (non-hydrogen) atoms. The number of aliphatic hydroxyl groups is 1. The number of carbonyl (C=O) groups is 1. The molecule has 0 aromatic carbocycles. The molecule has 102 valence electrons. The Labute approximate surface area is 104 Å². The summed E-state index contributed by atoms with van der Waals surface area (Å²) >= 11 is 0. The Kier molecular flexibility index (Phi) is 3.34. The van der Waals surface area contributed by atoms with Crippen LogP contribution in [0.1, 0.15) is 5.82 Å². The topological polar surface area (TPSA) is 92.9 Å². The van der Waals surface area contributed by atoms with E-state index in [1.54, 1.807) is 0 Å². The van der Waals surface area contributed by atoms with Gasteiger partial charge in [-0.3, -0.25) is 4.79 Å². The Morgan fingerprint density at radius 2 is 2.16 bits per heavy atom. The molecule has 2 aromatic heterocycles. The summed E-state index contributed by atoms with van der Waals surface area (Å²) in [6.45, 7) is -0.251. The van der Waals surface area contributed by atoms with E-state index in [2.05, 4.69) is 15.0 Å². The smallest absolute Gasteiger partial charge is 0.395 e. The van der Waals surface area contributed by atoms with Gasteiger partial charge in [0.2, 0.25) is 12.2 Å². The first-order valence-electron chi connectivity index (χ1n) is 5.08. The first kappa shape index (κ1) is 13.2. The number of anilines is 1. The molecule has 7 nitrogen and oxygen atoms in total. The summed E-state index contributed by atoms with van der Waals surface area (Å²) in [6, 6.07) is 0. The van der Waals surface area contributed by atoms with Crippen LogP contribution in [0.2, 0.25) is 0 Å². The van der Waals surface area contributed by atoms with E-state index in [0.29, 0.717) is 0 Å². The van der Waals surface area contributed by atoms with Crippen molar-refractivity contribution in [1.29, 1.82) is 0 Å². The largest absolute Gasteiger partial charge is 0.451 e. The van der Waals surface area contributed by atoms with E-state index in [1.165, 1.54) is 10.9 Å². The van der Waals surface area contributed by atoms with Crippen molar-refractivity contribution >= 4 is 23.4 Å². The van der Waals surface area contributed by atoms with Crippen LogP contribution >= 0.6 is 0 Å². The van der Waals surface area contributed by atoms with Gasteiger partial charge >= 0.3 is 6.18 Å². The number of aromatic nitrogens is 4. The summed E-state index contributed by atoms with van der Waals surface area (Å²) in [5, 5.41) is 10.9. The van der Waals surface area contributed by atoms with Crippen molar-refractivity contribution in [2.45, 2.75) is 12.7 Å². The average Bonchev–Trinajstić information content (AvgIpc) is 2.73. The van der Waals surface area contributed by atoms with E-state index >= 15 is 0 Å². The van der Waals surface area contributed by atoms with Crippen LogP contribution in [0, 0.1) is 0 Å². The van der Waals surface area contributed by atoms with Gasteiger partial charge in [0.15, 0.2) is 17.0 Å². The molecule has 0 saturated heterocycles. The van der Waals surface area contributed by atoms with Crippen LogP contribution in [0.4, 0.5) is 19.0 Å². The highest BCUT2D eigenvalue weighted by molar-refractivity contribution is 5.88. The van der Waals surface area contributed by atoms with Crippen LogP contribution in [0.5, 0.6) is 0 Å². The number of halogens is 3. The Bertz CT molecular complexity index is 610. The maximum atomic E-state index is 12.6. The second-order valence-electron chi connectivity index (χ2n) is 3.49. The van der Waals surface area contributed by atoms with Crippen LogP contribution in [0.15, 0.2) is 6.33 Å². The first-order valence-corrected chi connectivity index (χ1v) is 5.08. The molecule has 2 rings (SSSR count). The third-order valence-electron chi connectivity index (χ3n) is 2.25. The molecule has 2 heterocycles. The fourth-order valence-electron chi connectivity index (χ4n) is 1.50. The number of imidazole rings is 1. The predicted molar refractivity (Wildman–Crippen MR) is 57.1 cm³/mol. The van der Waals surface area contributed by atoms with Gasteiger partial charge < -0.3 is 15.0 Å². The van der Waals surface area contributed by atoms with Crippen molar-refractivity contribution in [2.75, 3.05) is 11.9 Å². The molecule has 0 saturated carbocycles. The standard InChI is InChI=1S/C9H8F3N5O2/c10-9(11,12)8-15-6(14-4-19)5-7(16-8)17(1-2-18)3-13-5/h3-4,18H,1-2H2,(H,14,15,16,19). The van der Waals surface area contributed by atoms with Crippen LogP contribution < -0.4 is 5.32 Å². The molecule has 0 bridgehead atoms. The van der Waals surface area contributed by atoms with Gasteiger partial charge in [-0.15, -0.1) is 0 Å². The Balaban J connectivity index is 2.67. The summed E-state index contributed by atoms with van der Waals surface area (Å²) in [4.78, 5) is 20.8. The van der Waals surface area contributed by atoms with Gasteiger partial charge in [0, 0.05) is 6.54 Å². The monoisotopic (exact) mass is 275 g/mol. The Morgan fingerprint density at radius 3 is 2.74 bits per heavy atom. The van der Waals surface area contributed by atoms with Crippen molar-refractivity contribution in [3.63, 3.8) is 0 Å². The zero-order valence-electron chi connectivity index (χ0n) is 9.35. The number of alkyl halides is 3. The maximum Gasteiger partial charge on any atom is 0.451 e. The minimum Gasteiger partial charge on any atom is -0.395 e. The maximum absolute atomic E-state index is 12.6. The number of fused-ring (bicyclic) bond motifs is 1. The van der Waals surface area contributed by atoms with Gasteiger partial charge in [-0.2, -0.15) is 13.2 Å². The second-order valence-corrected chi connectivity index (χ2v) is 3.49. The molecule has 0 unspecified atom stereocenters. The lowest BCUT2D eigenvalue weighted by atomic mass is 10.4. The number of hydrogen-bond donors (Lipinski definition) is 2. The van der Waals surface area contributed by atoms with E-state index in [1.807, 2.05) is 5.32 Å². The minimum atomic E-state index is -4.75. The van der Waals surface area contributed by atoms with Gasteiger partial charge in [0.05, 0.1) is 12.9 Å². The van der Waals surface area contributed by atoms with Crippen molar-refractivity contribution in [3.8, 4) is 0 Å². The fourth-order valence-corrected chi connectivity index (χ4v) is 1.50. The lowest BCUT2D eigenvalue weighted by molar-refractivity contribution is -0.144. The molecule has 0 atom stereocenters. The third kappa shape index (κ3) is 2.47. The minimum absolute atomic E-state index is 0.0218. The molecule has 2 N–H and O–H groups in total. The zero-order valence-corrected chi connectivity index (χ0v) is 9.35. The molecular formula is C9H8F3N5O2. The molecule has 0 spiro atoms. The number of nitrogens with one attached hydrogen (secondary N) is 1. The highest BCUT2D eigenvalue weighted by Crippen LogP contribution is 2.29. The second kappa shape index (κ2) is 4.80. The lowest BCUT2D eigenvalue weighted by Crippen LogP contribution is -2.14. The molecule has 0 aliphatic heterocycles. The quantitative estimate of drug-likeness (QED) is 0.788. The van der Waals surface area contributed by atoms with Gasteiger partial charge in [0.1, 0.15) is 0 Å². The molecular weight excluding hydrogens is 267 g/mol. The Hall–Kier alpha value is -2.23. The number of hydrogen-bond acceptors (Lipinski definition) is 5. The molecule has 0 fully saturated rings. The SMILES string of the molecule is O=CNc1nc(C(F)(F)F)nc2c1ncn2CCO. The summed E-state index contributed by atoms with van der Waals surface area (Å²) in [5.41, 5.74) is -0.0886. The van der Waals surface area contributed by atoms with E-state index in [0.717, 1.165) is 0 Å². The number of aliphatic hydroxyl groups excluding tert-OH is 1. The van der Waals surface area contributed by atoms with E-state index in [-0.39, 0.29) is 36.5 Å². The number of amides is 1. The van der Waals surface area contributed by atoms with Crippen LogP contribution in [-0.4, -0.2) is 37.6 Å². The molecule has 0 aliphatic rings. The van der Waals surface area contributed by atoms with E-state index < -0.39 is 12.0 Å². The number of nitrogens with zero attached hydrogens (tertiary/aromatic N) is 4. The number of carbonyl (C=O) groups excluding carboxylic acids is 1. The number of rotatable bonds is 4. The van der Waals surface area contributed by atoms with Crippen molar-refractivity contribution < 1.29 is 23.1 Å². The van der Waals surface area contributed by atoms with Crippen molar-refractivity contribution in [1.82, 2.24) is 19.5 Å². The van der Waals surface area contributed by atoms with Crippen molar-refractivity contribution in [2.24, 2.45) is 0 Å². The molecule has 10 heteroatoms. The van der Waals surface area contributed by atoms with Gasteiger partial charge in [-0.1, -0.05) is 0 Å². The highest BCUT2D eigenvalue weighted by atomic mass is 19.4. The zero-order chi connectivity index (χ0) is 14.0. The van der Waals surface area contributed by atoms with Crippen molar-refractivity contribution in [3.05, 3.63) is 12.2 Å². The summed E-state index contributed by atoms with van der Waals surface area (Å²) < 4.78 is 39.2. The first-order chi connectivity index (χ1) is 8.97. The molecule has 2 aromatic rings. The Morgan fingerprint density at radius 1 is 1.42 bits per heavy atom. The third-order valence-corrected chi connectivity index (χ3v) is 2.25. The lowest BCUT2D eigenvalue weighted by Gasteiger charge is -2.08. The van der Waals surface area contributed by atoms with Gasteiger partial charge in [-0.25, -0.2) is 15.0 Å². The van der Waals surface area contributed by atoms with Crippen LogP contribution in [0.25, 0.3) is 11.2 Å². The average molecular weight is 275 g/mol. The van der Waals surface area contributed by atoms with Crippen LogP contribution in [0.3, 0.4) is 0 Å². The highest BCUT2D eigenvalue weighted by Gasteiger charge is 2.36. The van der Waals surface area contributed by atoms with Gasteiger partial charge in [0.25, 0.3) is 0 Å². The predicted octanol–water partition coefficient (Wildman–Crippen LogP) is 0.406. The van der Waals surface area contributed by atoms with Crippen LogP contribution in [-0.2, 0) is 17.5 Å². The summed E-state index contributed by atoms with van der Waals surface area (Å²) in [5.74, 6) is -1.71. The summed E-state index contributed by atoms with van der Waals surface area (Å²) in [6.07, 6.45) is -3.33. The normalized spacial score (nSPS) is 11.8. The summed E-state index contributed by atoms with van der Waals surface area (Å²) in [7, 11) is 0. The molecule has 1 amide bonds. The van der Waals surface area contributed by atoms with E-state index in [4.69, 9.17) is 5.11 Å². The van der Waals surface area contributed by atoms with Gasteiger partial charge in [-0.05, 0) is 0 Å². The fraction of sp³-hybridized carbons (Fsp3) is 0.333. The molecule has 0 aliphatic carbocycles. The molecule has 0 radical (unpaired) electrons. The van der Waals surface area contributed by atoms with E-state index in [9.17, 15) is 18.0 Å².